The van der Waals surface area contributed by atoms with E-state index in [1.165, 1.54) is 17.0 Å². The Labute approximate surface area is 155 Å². The molecule has 0 saturated carbocycles. The van der Waals surface area contributed by atoms with Gasteiger partial charge in [-0.25, -0.2) is 8.78 Å². The van der Waals surface area contributed by atoms with Gasteiger partial charge in [-0.2, -0.15) is 4.37 Å². The Morgan fingerprint density at radius 3 is 2.72 bits per heavy atom. The smallest absolute Gasteiger partial charge is 0.254 e. The highest BCUT2D eigenvalue weighted by Gasteiger charge is 2.20. The molecule has 1 atom stereocenters. The van der Waals surface area contributed by atoms with Gasteiger partial charge in [-0.3, -0.25) is 0 Å². The standard InChI is InChI=1S/C17H15F2N3OS.ClH/c1-22-6-2-5-13(11-22)16-17(21-24-20-16)23-7-3-4-12-8-14(18)10-15(19)9-12;/h5,8-10H,2,6-7,11H2,1H3;1H. The summed E-state index contributed by atoms with van der Waals surface area (Å²) in [5, 5.41) is 0. The van der Waals surface area contributed by atoms with Crippen molar-refractivity contribution in [2.45, 2.75) is 6.42 Å². The summed E-state index contributed by atoms with van der Waals surface area (Å²) in [5.41, 5.74) is 2.16. The summed E-state index contributed by atoms with van der Waals surface area (Å²) >= 11 is 1.10. The van der Waals surface area contributed by atoms with Crippen molar-refractivity contribution < 1.29 is 30.8 Å². The van der Waals surface area contributed by atoms with Crippen molar-refractivity contribution in [3.63, 3.8) is 0 Å². The molecule has 1 N–H and O–H groups in total. The van der Waals surface area contributed by atoms with Crippen LogP contribution >= 0.6 is 11.7 Å². The number of hydrogen-bond donors (Lipinski definition) is 1. The SMILES string of the molecule is C[NH+]1CCC=C(c2nsnc2OCC#Cc2cc(F)cc(F)c2)C1.[Cl-]. The lowest BCUT2D eigenvalue weighted by Crippen LogP contribution is -3.09. The van der Waals surface area contributed by atoms with Gasteiger partial charge in [-0.15, -0.1) is 4.37 Å². The summed E-state index contributed by atoms with van der Waals surface area (Å²) in [5.74, 6) is 4.57. The highest BCUT2D eigenvalue weighted by molar-refractivity contribution is 6.99. The Kier molecular flexibility index (Phi) is 6.88. The predicted molar refractivity (Wildman–Crippen MR) is 87.9 cm³/mol. The van der Waals surface area contributed by atoms with Crippen LogP contribution in [0.4, 0.5) is 8.78 Å². The molecule has 1 aliphatic heterocycles. The van der Waals surface area contributed by atoms with Gasteiger partial charge in [0.05, 0.1) is 25.3 Å². The molecule has 3 rings (SSSR count). The number of halogens is 3. The van der Waals surface area contributed by atoms with Gasteiger partial charge in [0.15, 0.2) is 6.61 Å². The van der Waals surface area contributed by atoms with Crippen LogP contribution in [-0.2, 0) is 0 Å². The molecule has 2 heterocycles. The Morgan fingerprint density at radius 2 is 2.00 bits per heavy atom. The number of ether oxygens (including phenoxy) is 1. The monoisotopic (exact) mass is 383 g/mol. The fourth-order valence-corrected chi connectivity index (χ4v) is 3.03. The second kappa shape index (κ2) is 8.90. The zero-order valence-corrected chi connectivity index (χ0v) is 15.1. The molecule has 0 amide bonds. The molecule has 1 aliphatic rings. The van der Waals surface area contributed by atoms with Crippen LogP contribution in [0.5, 0.6) is 5.88 Å². The van der Waals surface area contributed by atoms with E-state index in [1.54, 1.807) is 0 Å². The quantitative estimate of drug-likeness (QED) is 0.659. The number of quaternary nitrogens is 1. The number of nitrogens with one attached hydrogen (secondary N) is 1. The summed E-state index contributed by atoms with van der Waals surface area (Å²) in [7, 11) is 2.14. The number of benzene rings is 1. The maximum atomic E-state index is 13.1. The van der Waals surface area contributed by atoms with Crippen molar-refractivity contribution in [1.29, 1.82) is 0 Å². The highest BCUT2D eigenvalue weighted by atomic mass is 35.5. The van der Waals surface area contributed by atoms with Crippen LogP contribution in [0.1, 0.15) is 17.7 Å². The lowest BCUT2D eigenvalue weighted by atomic mass is 10.1. The second-order valence-corrected chi connectivity index (χ2v) is 6.10. The lowest BCUT2D eigenvalue weighted by molar-refractivity contribution is -0.872. The molecule has 0 fully saturated rings. The Hall–Kier alpha value is -2.01. The van der Waals surface area contributed by atoms with Crippen LogP contribution in [0.3, 0.4) is 0 Å². The minimum atomic E-state index is -0.651. The minimum absolute atomic E-state index is 0. The fourth-order valence-electron chi connectivity index (χ4n) is 2.50. The van der Waals surface area contributed by atoms with Crippen molar-refractivity contribution in [1.82, 2.24) is 8.75 Å². The number of likely N-dealkylation sites (N-methyl/N-ethyl adjacent to an activating group) is 1. The largest absolute Gasteiger partial charge is 1.00 e. The highest BCUT2D eigenvalue weighted by Crippen LogP contribution is 2.24. The van der Waals surface area contributed by atoms with E-state index in [0.29, 0.717) is 5.88 Å². The zero-order valence-electron chi connectivity index (χ0n) is 13.5. The minimum Gasteiger partial charge on any atom is -1.00 e. The maximum Gasteiger partial charge on any atom is 0.254 e. The third kappa shape index (κ3) is 5.23. The molecule has 4 nitrogen and oxygen atoms in total. The van der Waals surface area contributed by atoms with Gasteiger partial charge in [0.1, 0.15) is 23.9 Å². The van der Waals surface area contributed by atoms with E-state index < -0.39 is 11.6 Å². The first kappa shape index (κ1) is 19.3. The number of hydrogen-bond acceptors (Lipinski definition) is 4. The first-order valence-corrected chi connectivity index (χ1v) is 8.26. The Morgan fingerprint density at radius 1 is 1.24 bits per heavy atom. The summed E-state index contributed by atoms with van der Waals surface area (Å²) in [4.78, 5) is 1.42. The van der Waals surface area contributed by atoms with Gasteiger partial charge < -0.3 is 22.0 Å². The van der Waals surface area contributed by atoms with Crippen LogP contribution in [0, 0.1) is 23.5 Å². The van der Waals surface area contributed by atoms with Crippen molar-refractivity contribution in [2.24, 2.45) is 0 Å². The Bertz CT molecular complexity index is 809. The molecule has 132 valence electrons. The van der Waals surface area contributed by atoms with Crippen molar-refractivity contribution in [3.05, 3.63) is 47.2 Å². The van der Waals surface area contributed by atoms with Crippen LogP contribution in [0.25, 0.3) is 5.57 Å². The van der Waals surface area contributed by atoms with E-state index in [9.17, 15) is 8.78 Å². The molecular weight excluding hydrogens is 368 g/mol. The topological polar surface area (TPSA) is 39.5 Å². The molecule has 2 aromatic rings. The van der Waals surface area contributed by atoms with E-state index in [0.717, 1.165) is 48.6 Å². The van der Waals surface area contributed by atoms with E-state index in [1.807, 2.05) is 0 Å². The average molecular weight is 384 g/mol. The molecular formula is C17H16ClF2N3OS. The predicted octanol–water partition coefficient (Wildman–Crippen LogP) is -1.45. The van der Waals surface area contributed by atoms with Crippen LogP contribution in [0.2, 0.25) is 0 Å². The average Bonchev–Trinajstić information content (AvgIpc) is 2.99. The van der Waals surface area contributed by atoms with E-state index in [2.05, 4.69) is 33.7 Å². The molecule has 0 saturated heterocycles. The molecule has 1 aromatic heterocycles. The third-order valence-electron chi connectivity index (χ3n) is 3.59. The molecule has 0 bridgehead atoms. The lowest BCUT2D eigenvalue weighted by Gasteiger charge is -2.19. The molecule has 1 unspecified atom stereocenters. The van der Waals surface area contributed by atoms with Gasteiger partial charge in [0.25, 0.3) is 5.88 Å². The first-order chi connectivity index (χ1) is 11.6. The molecule has 1 aromatic carbocycles. The maximum absolute atomic E-state index is 13.1. The summed E-state index contributed by atoms with van der Waals surface area (Å²) in [6.07, 6.45) is 3.17. The van der Waals surface area contributed by atoms with E-state index >= 15 is 0 Å². The van der Waals surface area contributed by atoms with Gasteiger partial charge in [0.2, 0.25) is 0 Å². The van der Waals surface area contributed by atoms with E-state index in [4.69, 9.17) is 4.74 Å². The first-order valence-electron chi connectivity index (χ1n) is 7.53. The van der Waals surface area contributed by atoms with Crippen molar-refractivity contribution in [2.75, 3.05) is 26.7 Å². The number of aromatic nitrogens is 2. The van der Waals surface area contributed by atoms with Crippen LogP contribution in [0.15, 0.2) is 24.3 Å². The van der Waals surface area contributed by atoms with Crippen molar-refractivity contribution in [3.8, 4) is 17.7 Å². The van der Waals surface area contributed by atoms with Gasteiger partial charge >= 0.3 is 0 Å². The van der Waals surface area contributed by atoms with Crippen molar-refractivity contribution >= 4 is 17.3 Å². The van der Waals surface area contributed by atoms with Gasteiger partial charge in [0, 0.05) is 23.6 Å². The van der Waals surface area contributed by atoms with Gasteiger partial charge in [-0.05, 0) is 12.1 Å². The number of rotatable bonds is 3. The molecule has 0 spiro atoms. The van der Waals surface area contributed by atoms with Crippen LogP contribution in [-0.4, -0.2) is 35.5 Å². The molecule has 25 heavy (non-hydrogen) atoms. The fraction of sp³-hybridized carbons (Fsp3) is 0.294. The summed E-state index contributed by atoms with van der Waals surface area (Å²) in [6, 6.07) is 3.17. The molecule has 0 radical (unpaired) electrons. The Balaban J connectivity index is 0.00000225. The molecule has 8 heteroatoms. The zero-order chi connectivity index (χ0) is 16.9. The normalized spacial score (nSPS) is 16.3. The summed E-state index contributed by atoms with van der Waals surface area (Å²) in [6.45, 7) is 2.06. The van der Waals surface area contributed by atoms with E-state index in [-0.39, 0.29) is 24.6 Å². The molecule has 0 aliphatic carbocycles. The number of nitrogens with zero attached hydrogens (tertiary/aromatic N) is 2. The third-order valence-corrected chi connectivity index (χ3v) is 4.10. The second-order valence-electron chi connectivity index (χ2n) is 5.57. The van der Waals surface area contributed by atoms with Gasteiger partial charge in [-0.1, -0.05) is 17.9 Å². The van der Waals surface area contributed by atoms with Crippen LogP contribution < -0.4 is 22.0 Å². The summed E-state index contributed by atoms with van der Waals surface area (Å²) < 4.78 is 40.2.